The van der Waals surface area contributed by atoms with Crippen LogP contribution in [0.25, 0.3) is 6.08 Å². The normalized spacial score (nSPS) is 16.0. The van der Waals surface area contributed by atoms with Crippen LogP contribution >= 0.6 is 23.2 Å². The number of benzene rings is 1. The minimum atomic E-state index is -3.24. The van der Waals surface area contributed by atoms with Gasteiger partial charge in [-0.25, -0.2) is 8.42 Å². The highest BCUT2D eigenvalue weighted by Crippen LogP contribution is 2.23. The lowest BCUT2D eigenvalue weighted by Gasteiger charge is -2.33. The van der Waals surface area contributed by atoms with Crippen molar-refractivity contribution in [1.82, 2.24) is 14.5 Å². The van der Waals surface area contributed by atoms with Gasteiger partial charge in [0.05, 0.1) is 22.8 Å². The number of hydrogen-bond acceptors (Lipinski definition) is 4. The maximum absolute atomic E-state index is 12.1. The summed E-state index contributed by atoms with van der Waals surface area (Å²) in [6.07, 6.45) is 4.01. The highest BCUT2D eigenvalue weighted by molar-refractivity contribution is 7.88. The topological polar surface area (TPSA) is 86.8 Å². The van der Waals surface area contributed by atoms with Crippen LogP contribution in [0, 0.1) is 0 Å². The maximum atomic E-state index is 12.1. The van der Waals surface area contributed by atoms with E-state index in [0.717, 1.165) is 6.26 Å². The molecule has 0 saturated carbocycles. The number of halogens is 2. The smallest absolute Gasteiger partial charge is 0.244 e. The van der Waals surface area contributed by atoms with Crippen LogP contribution in [-0.2, 0) is 19.6 Å². The molecule has 10 heteroatoms. The van der Waals surface area contributed by atoms with Crippen molar-refractivity contribution in [3.63, 3.8) is 0 Å². The molecule has 2 amide bonds. The molecule has 1 aliphatic heterocycles. The number of sulfonamides is 1. The first-order valence-corrected chi connectivity index (χ1v) is 10.4. The second kappa shape index (κ2) is 8.85. The third kappa shape index (κ3) is 5.98. The number of nitrogens with zero attached hydrogens (tertiary/aromatic N) is 2. The molecule has 1 aromatic rings. The van der Waals surface area contributed by atoms with E-state index in [1.54, 1.807) is 24.3 Å². The number of amides is 2. The molecule has 26 heavy (non-hydrogen) atoms. The summed E-state index contributed by atoms with van der Waals surface area (Å²) in [7, 11) is -3.24. The van der Waals surface area contributed by atoms with Gasteiger partial charge in [0.25, 0.3) is 0 Å². The molecule has 0 bridgehead atoms. The van der Waals surface area contributed by atoms with Gasteiger partial charge in [-0.3, -0.25) is 9.59 Å². The molecule has 142 valence electrons. The fourth-order valence-electron chi connectivity index (χ4n) is 2.39. The third-order valence-electron chi connectivity index (χ3n) is 3.85. The van der Waals surface area contributed by atoms with Crippen molar-refractivity contribution in [2.24, 2.45) is 0 Å². The van der Waals surface area contributed by atoms with E-state index in [1.807, 2.05) is 0 Å². The van der Waals surface area contributed by atoms with E-state index in [0.29, 0.717) is 28.7 Å². The van der Waals surface area contributed by atoms with Crippen LogP contribution in [0.5, 0.6) is 0 Å². The van der Waals surface area contributed by atoms with Crippen molar-refractivity contribution in [3.05, 3.63) is 39.9 Å². The quantitative estimate of drug-likeness (QED) is 0.726. The van der Waals surface area contributed by atoms with Gasteiger partial charge >= 0.3 is 0 Å². The lowest BCUT2D eigenvalue weighted by Crippen LogP contribution is -2.52. The van der Waals surface area contributed by atoms with Crippen molar-refractivity contribution >= 4 is 51.1 Å². The fraction of sp³-hybridized carbons (Fsp3) is 0.375. The Balaban J connectivity index is 1.79. The molecule has 2 rings (SSSR count). The van der Waals surface area contributed by atoms with E-state index in [2.05, 4.69) is 5.32 Å². The lowest BCUT2D eigenvalue weighted by atomic mass is 10.2. The van der Waals surface area contributed by atoms with Crippen LogP contribution in [0.1, 0.15) is 5.56 Å². The fourth-order valence-corrected chi connectivity index (χ4v) is 3.52. The first-order valence-electron chi connectivity index (χ1n) is 7.80. The van der Waals surface area contributed by atoms with E-state index in [9.17, 15) is 18.0 Å². The number of nitrogens with one attached hydrogen (secondary N) is 1. The Morgan fingerprint density at radius 3 is 2.38 bits per heavy atom. The highest BCUT2D eigenvalue weighted by atomic mass is 35.5. The van der Waals surface area contributed by atoms with Crippen LogP contribution in [0.3, 0.4) is 0 Å². The minimum Gasteiger partial charge on any atom is -0.343 e. The Morgan fingerprint density at radius 2 is 1.81 bits per heavy atom. The Labute approximate surface area is 162 Å². The van der Waals surface area contributed by atoms with Crippen LogP contribution in [-0.4, -0.2) is 68.4 Å². The van der Waals surface area contributed by atoms with Crippen LogP contribution < -0.4 is 5.32 Å². The molecule has 0 aliphatic carbocycles. The van der Waals surface area contributed by atoms with Gasteiger partial charge in [-0.15, -0.1) is 0 Å². The standard InChI is InChI=1S/C16H19Cl2N3O4S/c1-26(24,25)21-8-6-20(7-9-21)16(23)11-19-15(22)5-3-12-2-4-13(17)14(18)10-12/h2-5,10H,6-9,11H2,1H3,(H,19,22). The summed E-state index contributed by atoms with van der Waals surface area (Å²) in [5.41, 5.74) is 0.706. The first-order chi connectivity index (χ1) is 12.2. The number of hydrogen-bond donors (Lipinski definition) is 1. The van der Waals surface area contributed by atoms with Gasteiger partial charge in [0.15, 0.2) is 0 Å². The van der Waals surface area contributed by atoms with Gasteiger partial charge in [0.1, 0.15) is 0 Å². The van der Waals surface area contributed by atoms with Crippen molar-refractivity contribution in [3.8, 4) is 0 Å². The Hall–Kier alpha value is -1.61. The van der Waals surface area contributed by atoms with E-state index in [-0.39, 0.29) is 25.5 Å². The van der Waals surface area contributed by atoms with Gasteiger partial charge in [0.2, 0.25) is 21.8 Å². The van der Waals surface area contributed by atoms with Gasteiger partial charge in [-0.05, 0) is 23.8 Å². The molecule has 1 saturated heterocycles. The molecule has 7 nitrogen and oxygen atoms in total. The van der Waals surface area contributed by atoms with E-state index in [1.165, 1.54) is 15.3 Å². The molecule has 0 unspecified atom stereocenters. The van der Waals surface area contributed by atoms with Gasteiger partial charge < -0.3 is 10.2 Å². The zero-order valence-electron chi connectivity index (χ0n) is 14.1. The molecule has 1 aliphatic rings. The molecule has 0 radical (unpaired) electrons. The molecule has 1 aromatic carbocycles. The predicted octanol–water partition coefficient (Wildman–Crippen LogP) is 1.23. The average molecular weight is 420 g/mol. The molecule has 0 atom stereocenters. The zero-order chi connectivity index (χ0) is 19.3. The largest absolute Gasteiger partial charge is 0.343 e. The van der Waals surface area contributed by atoms with Gasteiger partial charge in [-0.2, -0.15) is 4.31 Å². The highest BCUT2D eigenvalue weighted by Gasteiger charge is 2.25. The van der Waals surface area contributed by atoms with Gasteiger partial charge in [-0.1, -0.05) is 29.3 Å². The molecule has 0 aromatic heterocycles. The Bertz CT molecular complexity index is 819. The van der Waals surface area contributed by atoms with Crippen LogP contribution in [0.15, 0.2) is 24.3 Å². The average Bonchev–Trinajstić information content (AvgIpc) is 2.60. The second-order valence-electron chi connectivity index (χ2n) is 5.77. The number of carbonyl (C=O) groups excluding carboxylic acids is 2. The predicted molar refractivity (Wildman–Crippen MR) is 102 cm³/mol. The van der Waals surface area contributed by atoms with E-state index in [4.69, 9.17) is 23.2 Å². The molecule has 1 heterocycles. The summed E-state index contributed by atoms with van der Waals surface area (Å²) < 4.78 is 24.2. The Kier molecular flexibility index (Phi) is 7.05. The summed E-state index contributed by atoms with van der Waals surface area (Å²) in [6, 6.07) is 4.96. The minimum absolute atomic E-state index is 0.149. The summed E-state index contributed by atoms with van der Waals surface area (Å²) in [4.78, 5) is 25.5. The molecule has 1 N–H and O–H groups in total. The van der Waals surface area contributed by atoms with E-state index >= 15 is 0 Å². The monoisotopic (exact) mass is 419 g/mol. The maximum Gasteiger partial charge on any atom is 0.244 e. The molecular formula is C16H19Cl2N3O4S. The summed E-state index contributed by atoms with van der Waals surface area (Å²) >= 11 is 11.7. The zero-order valence-corrected chi connectivity index (χ0v) is 16.4. The number of carbonyl (C=O) groups is 2. The SMILES string of the molecule is CS(=O)(=O)N1CCN(C(=O)CNC(=O)C=Cc2ccc(Cl)c(Cl)c2)CC1. The van der Waals surface area contributed by atoms with Crippen molar-refractivity contribution in [1.29, 1.82) is 0 Å². The second-order valence-corrected chi connectivity index (χ2v) is 8.56. The molecular weight excluding hydrogens is 401 g/mol. The van der Waals surface area contributed by atoms with Crippen molar-refractivity contribution < 1.29 is 18.0 Å². The number of rotatable bonds is 5. The first kappa shape index (κ1) is 20.7. The van der Waals surface area contributed by atoms with Crippen LogP contribution in [0.4, 0.5) is 0 Å². The lowest BCUT2D eigenvalue weighted by molar-refractivity contribution is -0.133. The van der Waals surface area contributed by atoms with Crippen molar-refractivity contribution in [2.45, 2.75) is 0 Å². The third-order valence-corrected chi connectivity index (χ3v) is 5.89. The molecule has 0 spiro atoms. The van der Waals surface area contributed by atoms with Crippen molar-refractivity contribution in [2.75, 3.05) is 39.0 Å². The summed E-state index contributed by atoms with van der Waals surface area (Å²) in [5.74, 6) is -0.673. The summed E-state index contributed by atoms with van der Waals surface area (Å²) in [6.45, 7) is 0.983. The molecule has 1 fully saturated rings. The van der Waals surface area contributed by atoms with Gasteiger partial charge in [0, 0.05) is 32.3 Å². The van der Waals surface area contributed by atoms with Crippen LogP contribution in [0.2, 0.25) is 10.0 Å². The summed E-state index contributed by atoms with van der Waals surface area (Å²) in [5, 5.41) is 3.32. The Morgan fingerprint density at radius 1 is 1.15 bits per heavy atom. The number of piperazine rings is 1. The van der Waals surface area contributed by atoms with E-state index < -0.39 is 15.9 Å².